The van der Waals surface area contributed by atoms with Gasteiger partial charge >= 0.3 is 5.97 Å². The van der Waals surface area contributed by atoms with Crippen LogP contribution in [0.4, 0.5) is 4.39 Å². The van der Waals surface area contributed by atoms with E-state index in [2.05, 4.69) is 35.2 Å². The largest absolute Gasteiger partial charge is 0.481 e. The Hall–Kier alpha value is -2.72. The van der Waals surface area contributed by atoms with Crippen molar-refractivity contribution in [2.75, 3.05) is 13.1 Å². The standard InChI is InChI=1S/C23H22FNO2/c24-21-9-3-7-18(14-21)22(25-12-4-8-20(15-25)23(26)27)19-11-10-16-5-1-2-6-17(16)13-19/h1-3,5-7,9-11,13-14,20,22H,4,8,12,15H2,(H,26,27). The third-order valence-corrected chi connectivity index (χ3v) is 5.42. The molecule has 0 bridgehead atoms. The molecule has 0 spiro atoms. The molecule has 2 unspecified atom stereocenters. The van der Waals surface area contributed by atoms with Crippen molar-refractivity contribution >= 4 is 16.7 Å². The predicted octanol–water partition coefficient (Wildman–Crippen LogP) is 4.86. The molecule has 3 aromatic rings. The summed E-state index contributed by atoms with van der Waals surface area (Å²) in [5.74, 6) is -1.41. The Balaban J connectivity index is 1.78. The fourth-order valence-electron chi connectivity index (χ4n) is 4.11. The number of aliphatic carboxylic acids is 1. The van der Waals surface area contributed by atoms with Gasteiger partial charge in [-0.2, -0.15) is 0 Å². The van der Waals surface area contributed by atoms with Crippen molar-refractivity contribution < 1.29 is 14.3 Å². The number of fused-ring (bicyclic) bond motifs is 1. The summed E-state index contributed by atoms with van der Waals surface area (Å²) in [4.78, 5) is 13.7. The molecule has 1 aliphatic heterocycles. The number of hydrogen-bond acceptors (Lipinski definition) is 2. The average Bonchev–Trinajstić information content (AvgIpc) is 2.68. The highest BCUT2D eigenvalue weighted by molar-refractivity contribution is 5.83. The second-order valence-corrected chi connectivity index (χ2v) is 7.24. The summed E-state index contributed by atoms with van der Waals surface area (Å²) in [7, 11) is 0. The summed E-state index contributed by atoms with van der Waals surface area (Å²) in [5.41, 5.74) is 1.92. The van der Waals surface area contributed by atoms with Crippen LogP contribution in [0.15, 0.2) is 66.7 Å². The molecule has 1 fully saturated rings. The number of carbonyl (C=O) groups is 1. The topological polar surface area (TPSA) is 40.5 Å². The van der Waals surface area contributed by atoms with Crippen LogP contribution in [0.25, 0.3) is 10.8 Å². The molecular formula is C23H22FNO2. The Morgan fingerprint density at radius 1 is 1.00 bits per heavy atom. The van der Waals surface area contributed by atoms with Crippen LogP contribution in [0.3, 0.4) is 0 Å². The third kappa shape index (κ3) is 3.71. The van der Waals surface area contributed by atoms with Gasteiger partial charge < -0.3 is 5.11 Å². The number of nitrogens with zero attached hydrogens (tertiary/aromatic N) is 1. The molecule has 3 aromatic carbocycles. The minimum Gasteiger partial charge on any atom is -0.481 e. The molecule has 1 N–H and O–H groups in total. The van der Waals surface area contributed by atoms with Gasteiger partial charge in [0.05, 0.1) is 12.0 Å². The second kappa shape index (κ2) is 7.49. The van der Waals surface area contributed by atoms with Crippen molar-refractivity contribution in [2.24, 2.45) is 5.92 Å². The summed E-state index contributed by atoms with van der Waals surface area (Å²) in [6.07, 6.45) is 1.52. The summed E-state index contributed by atoms with van der Waals surface area (Å²) in [5, 5.41) is 11.8. The molecule has 138 valence electrons. The van der Waals surface area contributed by atoms with Crippen molar-refractivity contribution in [3.63, 3.8) is 0 Å². The maximum absolute atomic E-state index is 14.0. The first-order chi connectivity index (χ1) is 13.1. The Labute approximate surface area is 158 Å². The van der Waals surface area contributed by atoms with E-state index in [9.17, 15) is 14.3 Å². The molecule has 1 aliphatic rings. The van der Waals surface area contributed by atoms with Gasteiger partial charge in [0, 0.05) is 6.54 Å². The molecular weight excluding hydrogens is 341 g/mol. The van der Waals surface area contributed by atoms with Gasteiger partial charge in [-0.25, -0.2) is 4.39 Å². The smallest absolute Gasteiger partial charge is 0.307 e. The van der Waals surface area contributed by atoms with Crippen LogP contribution in [0, 0.1) is 11.7 Å². The molecule has 0 amide bonds. The van der Waals surface area contributed by atoms with Crippen molar-refractivity contribution in [1.82, 2.24) is 4.90 Å². The minimum absolute atomic E-state index is 0.160. The second-order valence-electron chi connectivity index (χ2n) is 7.24. The molecule has 4 rings (SSSR count). The summed E-state index contributed by atoms with van der Waals surface area (Å²) in [6, 6.07) is 20.9. The lowest BCUT2D eigenvalue weighted by atomic mass is 9.90. The fraction of sp³-hybridized carbons (Fsp3) is 0.261. The highest BCUT2D eigenvalue weighted by Gasteiger charge is 2.31. The molecule has 1 heterocycles. The first-order valence-electron chi connectivity index (χ1n) is 9.33. The van der Waals surface area contributed by atoms with E-state index in [0.29, 0.717) is 13.0 Å². The number of carboxylic acids is 1. The maximum atomic E-state index is 14.0. The number of benzene rings is 3. The zero-order valence-corrected chi connectivity index (χ0v) is 15.0. The zero-order valence-electron chi connectivity index (χ0n) is 15.0. The number of halogens is 1. The van der Waals surface area contributed by atoms with Gasteiger partial charge in [0.2, 0.25) is 0 Å². The molecule has 0 saturated carbocycles. The third-order valence-electron chi connectivity index (χ3n) is 5.42. The number of rotatable bonds is 4. The van der Waals surface area contributed by atoms with Gasteiger partial charge in [-0.15, -0.1) is 0 Å². The van der Waals surface area contributed by atoms with Crippen molar-refractivity contribution in [1.29, 1.82) is 0 Å². The van der Waals surface area contributed by atoms with Gasteiger partial charge in [0.25, 0.3) is 0 Å². The van der Waals surface area contributed by atoms with E-state index < -0.39 is 5.97 Å². The van der Waals surface area contributed by atoms with Crippen LogP contribution in [-0.4, -0.2) is 29.1 Å². The van der Waals surface area contributed by atoms with Gasteiger partial charge in [-0.1, -0.05) is 48.5 Å². The van der Waals surface area contributed by atoms with E-state index in [1.807, 2.05) is 18.2 Å². The van der Waals surface area contributed by atoms with E-state index in [0.717, 1.165) is 34.9 Å². The highest BCUT2D eigenvalue weighted by Crippen LogP contribution is 2.34. The molecule has 27 heavy (non-hydrogen) atoms. The summed E-state index contributed by atoms with van der Waals surface area (Å²) in [6.45, 7) is 1.28. The van der Waals surface area contributed by atoms with Crippen LogP contribution in [-0.2, 0) is 4.79 Å². The van der Waals surface area contributed by atoms with Crippen LogP contribution in [0.1, 0.15) is 30.0 Å². The first-order valence-corrected chi connectivity index (χ1v) is 9.33. The number of likely N-dealkylation sites (tertiary alicyclic amines) is 1. The average molecular weight is 363 g/mol. The predicted molar refractivity (Wildman–Crippen MR) is 104 cm³/mol. The Morgan fingerprint density at radius 2 is 1.78 bits per heavy atom. The van der Waals surface area contributed by atoms with Crippen molar-refractivity contribution in [3.05, 3.63) is 83.7 Å². The van der Waals surface area contributed by atoms with Crippen LogP contribution in [0.2, 0.25) is 0 Å². The van der Waals surface area contributed by atoms with Crippen molar-refractivity contribution in [3.8, 4) is 0 Å². The molecule has 0 aliphatic carbocycles. The van der Waals surface area contributed by atoms with Crippen LogP contribution >= 0.6 is 0 Å². The Morgan fingerprint density at radius 3 is 2.56 bits per heavy atom. The Bertz CT molecular complexity index is 971. The van der Waals surface area contributed by atoms with Gasteiger partial charge in [-0.3, -0.25) is 9.69 Å². The normalized spacial score (nSPS) is 19.1. The molecule has 3 nitrogen and oxygen atoms in total. The highest BCUT2D eigenvalue weighted by atomic mass is 19.1. The molecule has 0 radical (unpaired) electrons. The molecule has 1 saturated heterocycles. The zero-order chi connectivity index (χ0) is 18.8. The van der Waals surface area contributed by atoms with Gasteiger partial charge in [0.1, 0.15) is 5.82 Å². The first kappa shape index (κ1) is 17.7. The summed E-state index contributed by atoms with van der Waals surface area (Å²) >= 11 is 0. The number of carboxylic acid groups (broad SMARTS) is 1. The van der Waals surface area contributed by atoms with Crippen molar-refractivity contribution in [2.45, 2.75) is 18.9 Å². The molecule has 2 atom stereocenters. The van der Waals surface area contributed by atoms with Gasteiger partial charge in [-0.05, 0) is 59.5 Å². The fourth-order valence-corrected chi connectivity index (χ4v) is 4.11. The van der Waals surface area contributed by atoms with E-state index in [1.165, 1.54) is 6.07 Å². The van der Waals surface area contributed by atoms with Crippen LogP contribution < -0.4 is 0 Å². The van der Waals surface area contributed by atoms with E-state index in [-0.39, 0.29) is 17.8 Å². The monoisotopic (exact) mass is 363 g/mol. The number of piperidine rings is 1. The SMILES string of the molecule is O=C(O)C1CCCN(C(c2cccc(F)c2)c2ccc3ccccc3c2)C1. The lowest BCUT2D eigenvalue weighted by molar-refractivity contribution is -0.143. The van der Waals surface area contributed by atoms with E-state index >= 15 is 0 Å². The minimum atomic E-state index is -0.754. The molecule has 4 heteroatoms. The van der Waals surface area contributed by atoms with Crippen LogP contribution in [0.5, 0.6) is 0 Å². The molecule has 0 aromatic heterocycles. The summed E-state index contributed by atoms with van der Waals surface area (Å²) < 4.78 is 14.0. The lowest BCUT2D eigenvalue weighted by Crippen LogP contribution is -2.41. The van der Waals surface area contributed by atoms with E-state index in [4.69, 9.17) is 0 Å². The number of hydrogen-bond donors (Lipinski definition) is 1. The maximum Gasteiger partial charge on any atom is 0.307 e. The Kier molecular flexibility index (Phi) is 4.90. The van der Waals surface area contributed by atoms with E-state index in [1.54, 1.807) is 12.1 Å². The van der Waals surface area contributed by atoms with Gasteiger partial charge in [0.15, 0.2) is 0 Å². The quantitative estimate of drug-likeness (QED) is 0.719. The lowest BCUT2D eigenvalue weighted by Gasteiger charge is -2.37.